The van der Waals surface area contributed by atoms with Crippen molar-refractivity contribution in [2.24, 2.45) is 0 Å². The molecule has 2 aromatic rings. The Kier molecular flexibility index (Phi) is 7.19. The maximum atomic E-state index is 11.3. The highest BCUT2D eigenvalue weighted by Gasteiger charge is 2.15. The zero-order valence-electron chi connectivity index (χ0n) is 13.7. The van der Waals surface area contributed by atoms with Gasteiger partial charge in [-0.25, -0.2) is 8.42 Å². The third kappa shape index (κ3) is 6.66. The van der Waals surface area contributed by atoms with E-state index in [2.05, 4.69) is 18.6 Å². The zero-order valence-corrected chi connectivity index (χ0v) is 14.5. The van der Waals surface area contributed by atoms with Gasteiger partial charge in [0.1, 0.15) is 5.75 Å². The number of rotatable bonds is 5. The number of nitrogens with one attached hydrogen (secondary N) is 1. The lowest BCUT2D eigenvalue weighted by atomic mass is 10.2. The Morgan fingerprint density at radius 3 is 2.21 bits per heavy atom. The van der Waals surface area contributed by atoms with Crippen molar-refractivity contribution < 1.29 is 18.1 Å². The zero-order chi connectivity index (χ0) is 18.2. The second-order valence-electron chi connectivity index (χ2n) is 4.93. The molecular formula is C16H20N2O5S. The van der Waals surface area contributed by atoms with Gasteiger partial charge in [-0.1, -0.05) is 38.5 Å². The van der Waals surface area contributed by atoms with Gasteiger partial charge in [0, 0.05) is 6.07 Å². The van der Waals surface area contributed by atoms with Crippen LogP contribution in [0.3, 0.4) is 0 Å². The molecule has 8 heteroatoms. The molecule has 0 saturated carbocycles. The molecule has 0 atom stereocenters. The molecule has 0 radical (unpaired) electrons. The van der Waals surface area contributed by atoms with Crippen LogP contribution in [0.2, 0.25) is 0 Å². The summed E-state index contributed by atoms with van der Waals surface area (Å²) in [7, 11) is -3.52. The molecule has 1 N–H and O–H groups in total. The van der Waals surface area contributed by atoms with E-state index in [4.69, 9.17) is 4.74 Å². The number of sulfonamides is 1. The van der Waals surface area contributed by atoms with Gasteiger partial charge in [-0.15, -0.1) is 0 Å². The van der Waals surface area contributed by atoms with Crippen LogP contribution in [0.15, 0.2) is 48.5 Å². The van der Waals surface area contributed by atoms with E-state index in [0.717, 1.165) is 6.26 Å². The van der Waals surface area contributed by atoms with Crippen LogP contribution in [0.25, 0.3) is 0 Å². The van der Waals surface area contributed by atoms with Gasteiger partial charge in [-0.2, -0.15) is 0 Å². The molecule has 0 aliphatic heterocycles. The summed E-state index contributed by atoms with van der Waals surface area (Å²) in [5, 5.41) is 10.8. The van der Waals surface area contributed by atoms with Crippen molar-refractivity contribution >= 4 is 21.4 Å². The number of nitrogens with zero attached hydrogens (tertiary/aromatic N) is 1. The molecule has 130 valence electrons. The van der Waals surface area contributed by atoms with Crippen LogP contribution in [-0.2, 0) is 10.0 Å². The van der Waals surface area contributed by atoms with Crippen molar-refractivity contribution in [1.29, 1.82) is 0 Å². The first kappa shape index (κ1) is 19.4. The van der Waals surface area contributed by atoms with Crippen LogP contribution in [-0.4, -0.2) is 19.6 Å². The predicted octanol–water partition coefficient (Wildman–Crippen LogP) is 4.17. The largest absolute Gasteiger partial charge is 0.455 e. The number of ether oxygens (including phenoxy) is 1. The van der Waals surface area contributed by atoms with Crippen LogP contribution in [0.4, 0.5) is 11.4 Å². The van der Waals surface area contributed by atoms with Crippen LogP contribution >= 0.6 is 0 Å². The minimum Gasteiger partial charge on any atom is -0.455 e. The van der Waals surface area contributed by atoms with E-state index in [1.165, 1.54) is 24.6 Å². The normalized spacial score (nSPS) is 10.3. The molecule has 7 nitrogen and oxygen atoms in total. The average Bonchev–Trinajstić information content (AvgIpc) is 2.49. The molecule has 0 bridgehead atoms. The smallest absolute Gasteiger partial charge is 0.273 e. The Bertz CT molecular complexity index is 776. The van der Waals surface area contributed by atoms with E-state index in [1.54, 1.807) is 30.3 Å². The van der Waals surface area contributed by atoms with Gasteiger partial charge in [0.05, 0.1) is 22.9 Å². The number of para-hydroxylation sites is 1. The Hall–Kier alpha value is -2.61. The standard InChI is InChI=1S/C13H12N2O5S.C3H8/c1-21(18,19)14-12-8-7-10(15(16)17)9-13(12)20-11-5-3-2-4-6-11;1-3-2/h2-9,14H,1H3;3H2,1-2H3. The highest BCUT2D eigenvalue weighted by molar-refractivity contribution is 7.92. The molecule has 2 rings (SSSR count). The summed E-state index contributed by atoms with van der Waals surface area (Å²) in [5.41, 5.74) is -0.0630. The number of hydrogen-bond donors (Lipinski definition) is 1. The summed E-state index contributed by atoms with van der Waals surface area (Å²) >= 11 is 0. The van der Waals surface area contributed by atoms with Gasteiger partial charge < -0.3 is 4.74 Å². The lowest BCUT2D eigenvalue weighted by molar-refractivity contribution is -0.384. The van der Waals surface area contributed by atoms with Gasteiger partial charge in [0.25, 0.3) is 5.69 Å². The maximum Gasteiger partial charge on any atom is 0.273 e. The Morgan fingerprint density at radius 1 is 1.12 bits per heavy atom. The molecule has 0 aromatic heterocycles. The summed E-state index contributed by atoms with van der Waals surface area (Å²) in [4.78, 5) is 10.2. The second-order valence-corrected chi connectivity index (χ2v) is 6.68. The lowest BCUT2D eigenvalue weighted by Crippen LogP contribution is -2.10. The van der Waals surface area contributed by atoms with Crippen LogP contribution < -0.4 is 9.46 Å². The predicted molar refractivity (Wildman–Crippen MR) is 94.0 cm³/mol. The molecule has 0 aliphatic carbocycles. The summed E-state index contributed by atoms with van der Waals surface area (Å²) in [6.07, 6.45) is 2.24. The molecule has 0 amide bonds. The Labute approximate surface area is 141 Å². The van der Waals surface area contributed by atoms with Crippen molar-refractivity contribution in [3.63, 3.8) is 0 Å². The monoisotopic (exact) mass is 352 g/mol. The molecule has 0 heterocycles. The van der Waals surface area contributed by atoms with Crippen molar-refractivity contribution in [1.82, 2.24) is 0 Å². The van der Waals surface area contributed by atoms with Gasteiger partial charge in [-0.3, -0.25) is 14.8 Å². The van der Waals surface area contributed by atoms with Crippen molar-refractivity contribution in [2.75, 3.05) is 11.0 Å². The van der Waals surface area contributed by atoms with Gasteiger partial charge in [0.2, 0.25) is 10.0 Å². The van der Waals surface area contributed by atoms with E-state index < -0.39 is 14.9 Å². The van der Waals surface area contributed by atoms with Gasteiger partial charge in [-0.05, 0) is 18.2 Å². The summed E-state index contributed by atoms with van der Waals surface area (Å²) < 4.78 is 30.4. The van der Waals surface area contributed by atoms with E-state index in [-0.39, 0.29) is 17.1 Å². The molecule has 0 aliphatic rings. The minimum absolute atomic E-state index is 0.0563. The summed E-state index contributed by atoms with van der Waals surface area (Å²) in [6, 6.07) is 12.2. The molecule has 0 fully saturated rings. The highest BCUT2D eigenvalue weighted by Crippen LogP contribution is 2.33. The highest BCUT2D eigenvalue weighted by atomic mass is 32.2. The van der Waals surface area contributed by atoms with E-state index in [0.29, 0.717) is 5.75 Å². The van der Waals surface area contributed by atoms with Crippen LogP contribution in [0, 0.1) is 10.1 Å². The first-order valence-corrected chi connectivity index (χ1v) is 9.15. The third-order valence-electron chi connectivity index (χ3n) is 2.44. The van der Waals surface area contributed by atoms with Crippen molar-refractivity contribution in [3.8, 4) is 11.5 Å². The maximum absolute atomic E-state index is 11.3. The van der Waals surface area contributed by atoms with Crippen LogP contribution in [0.1, 0.15) is 20.3 Å². The second kappa shape index (κ2) is 8.88. The molecule has 2 aromatic carbocycles. The summed E-state index contributed by atoms with van der Waals surface area (Å²) in [6.45, 7) is 4.25. The van der Waals surface area contributed by atoms with Gasteiger partial charge >= 0.3 is 0 Å². The molecule has 0 spiro atoms. The Balaban J connectivity index is 0.000000891. The van der Waals surface area contributed by atoms with Crippen molar-refractivity contribution in [3.05, 3.63) is 58.6 Å². The molecule has 24 heavy (non-hydrogen) atoms. The number of benzene rings is 2. The number of hydrogen-bond acceptors (Lipinski definition) is 5. The number of anilines is 1. The third-order valence-corrected chi connectivity index (χ3v) is 3.03. The fraction of sp³-hybridized carbons (Fsp3) is 0.250. The molecule has 0 saturated heterocycles. The topological polar surface area (TPSA) is 98.5 Å². The quantitative estimate of drug-likeness (QED) is 0.643. The number of non-ortho nitro benzene ring substituents is 1. The SMILES string of the molecule is CCC.CS(=O)(=O)Nc1ccc([N+](=O)[O-])cc1Oc1ccccc1. The number of nitro benzene ring substituents is 1. The first-order chi connectivity index (χ1) is 11.3. The van der Waals surface area contributed by atoms with E-state index in [9.17, 15) is 18.5 Å². The average molecular weight is 352 g/mol. The fourth-order valence-electron chi connectivity index (χ4n) is 1.61. The number of nitro groups is 1. The van der Waals surface area contributed by atoms with Crippen LogP contribution in [0.5, 0.6) is 11.5 Å². The first-order valence-electron chi connectivity index (χ1n) is 7.26. The molecule has 0 unspecified atom stereocenters. The van der Waals surface area contributed by atoms with E-state index in [1.807, 2.05) is 0 Å². The lowest BCUT2D eigenvalue weighted by Gasteiger charge is -2.11. The van der Waals surface area contributed by atoms with E-state index >= 15 is 0 Å². The minimum atomic E-state index is -3.52. The Morgan fingerprint density at radius 2 is 1.71 bits per heavy atom. The fourth-order valence-corrected chi connectivity index (χ4v) is 2.18. The van der Waals surface area contributed by atoms with Crippen molar-refractivity contribution in [2.45, 2.75) is 20.3 Å². The summed E-state index contributed by atoms with van der Waals surface area (Å²) in [5.74, 6) is 0.496. The van der Waals surface area contributed by atoms with Gasteiger partial charge in [0.15, 0.2) is 5.75 Å². The molecular weight excluding hydrogens is 332 g/mol.